The molecule has 0 bridgehead atoms. The Morgan fingerprint density at radius 2 is 2.12 bits per heavy atom. The summed E-state index contributed by atoms with van der Waals surface area (Å²) in [6, 6.07) is 1.39. The molecule has 1 aliphatic heterocycles. The predicted molar refractivity (Wildman–Crippen MR) is 66.5 cm³/mol. The maximum atomic E-state index is 9.80. The van der Waals surface area contributed by atoms with Gasteiger partial charge in [-0.2, -0.15) is 0 Å². The summed E-state index contributed by atoms with van der Waals surface area (Å²) < 4.78 is 0. The second-order valence-electron chi connectivity index (χ2n) is 5.53. The number of piperidine rings is 1. The summed E-state index contributed by atoms with van der Waals surface area (Å²) >= 11 is 0. The molecule has 1 aliphatic carbocycles. The van der Waals surface area contributed by atoms with Crippen molar-refractivity contribution in [1.29, 1.82) is 0 Å². The van der Waals surface area contributed by atoms with Crippen molar-refractivity contribution < 1.29 is 5.11 Å². The van der Waals surface area contributed by atoms with Crippen LogP contribution >= 0.6 is 0 Å². The van der Waals surface area contributed by atoms with Gasteiger partial charge in [0.2, 0.25) is 0 Å². The Hall–Kier alpha value is -0.120. The number of likely N-dealkylation sites (N-methyl/N-ethyl adjacent to an activating group) is 1. The summed E-state index contributed by atoms with van der Waals surface area (Å²) in [5, 5.41) is 13.3. The number of hydrogen-bond acceptors (Lipinski definition) is 3. The molecule has 3 nitrogen and oxygen atoms in total. The standard InChI is InChI=1S/C13H26N2O/c1-3-14-12-7-11(10(2)16)8-15(9-12)13-5-4-6-13/h10-14,16H,3-9H2,1-2H3. The van der Waals surface area contributed by atoms with Gasteiger partial charge in [-0.25, -0.2) is 0 Å². The molecule has 3 atom stereocenters. The van der Waals surface area contributed by atoms with E-state index in [1.54, 1.807) is 0 Å². The number of nitrogens with one attached hydrogen (secondary N) is 1. The fraction of sp³-hybridized carbons (Fsp3) is 1.00. The first-order valence-corrected chi connectivity index (χ1v) is 6.86. The van der Waals surface area contributed by atoms with Crippen molar-refractivity contribution in [1.82, 2.24) is 10.2 Å². The first-order chi connectivity index (χ1) is 7.70. The van der Waals surface area contributed by atoms with Gasteiger partial charge in [0.25, 0.3) is 0 Å². The van der Waals surface area contributed by atoms with E-state index >= 15 is 0 Å². The van der Waals surface area contributed by atoms with Crippen molar-refractivity contribution >= 4 is 0 Å². The van der Waals surface area contributed by atoms with E-state index < -0.39 is 0 Å². The molecule has 0 aromatic heterocycles. The molecule has 0 aromatic carbocycles. The minimum Gasteiger partial charge on any atom is -0.393 e. The lowest BCUT2D eigenvalue weighted by molar-refractivity contribution is 0.0110. The fourth-order valence-electron chi connectivity index (χ4n) is 3.01. The first kappa shape index (κ1) is 12.3. The third kappa shape index (κ3) is 2.76. The molecular weight excluding hydrogens is 200 g/mol. The van der Waals surface area contributed by atoms with Crippen LogP contribution in [0.25, 0.3) is 0 Å². The quantitative estimate of drug-likeness (QED) is 0.756. The lowest BCUT2D eigenvalue weighted by Gasteiger charge is -2.46. The summed E-state index contributed by atoms with van der Waals surface area (Å²) in [5.74, 6) is 0.457. The molecule has 0 radical (unpaired) electrons. The number of nitrogens with zero attached hydrogens (tertiary/aromatic N) is 1. The second kappa shape index (κ2) is 5.48. The van der Waals surface area contributed by atoms with Crippen LogP contribution < -0.4 is 5.32 Å². The maximum Gasteiger partial charge on any atom is 0.0553 e. The van der Waals surface area contributed by atoms with Crippen molar-refractivity contribution in [3.05, 3.63) is 0 Å². The SMILES string of the molecule is CCNC1CC(C(C)O)CN(C2CCC2)C1. The van der Waals surface area contributed by atoms with E-state index in [-0.39, 0.29) is 6.10 Å². The smallest absolute Gasteiger partial charge is 0.0553 e. The average molecular weight is 226 g/mol. The van der Waals surface area contributed by atoms with E-state index in [9.17, 15) is 5.11 Å². The number of hydrogen-bond donors (Lipinski definition) is 2. The second-order valence-corrected chi connectivity index (χ2v) is 5.53. The Bertz CT molecular complexity index is 216. The normalized spacial score (nSPS) is 34.7. The van der Waals surface area contributed by atoms with Crippen molar-refractivity contribution in [2.75, 3.05) is 19.6 Å². The van der Waals surface area contributed by atoms with Crippen LogP contribution in [0.3, 0.4) is 0 Å². The van der Waals surface area contributed by atoms with Crippen LogP contribution in [0.5, 0.6) is 0 Å². The van der Waals surface area contributed by atoms with Crippen molar-refractivity contribution in [2.45, 2.75) is 57.7 Å². The van der Waals surface area contributed by atoms with E-state index in [1.165, 1.54) is 25.8 Å². The molecule has 1 saturated carbocycles. The van der Waals surface area contributed by atoms with Gasteiger partial charge in [-0.3, -0.25) is 4.90 Å². The summed E-state index contributed by atoms with van der Waals surface area (Å²) in [4.78, 5) is 2.61. The van der Waals surface area contributed by atoms with Gasteiger partial charge in [-0.1, -0.05) is 13.3 Å². The highest BCUT2D eigenvalue weighted by atomic mass is 16.3. The van der Waals surface area contributed by atoms with Crippen LogP contribution in [0, 0.1) is 5.92 Å². The number of likely N-dealkylation sites (tertiary alicyclic amines) is 1. The molecule has 16 heavy (non-hydrogen) atoms. The van der Waals surface area contributed by atoms with Gasteiger partial charge >= 0.3 is 0 Å². The lowest BCUT2D eigenvalue weighted by Crippen LogP contribution is -2.55. The van der Waals surface area contributed by atoms with Gasteiger partial charge in [0.1, 0.15) is 0 Å². The highest BCUT2D eigenvalue weighted by Gasteiger charge is 2.34. The molecule has 2 fully saturated rings. The van der Waals surface area contributed by atoms with E-state index in [0.29, 0.717) is 12.0 Å². The molecule has 3 unspecified atom stereocenters. The Labute approximate surface area is 99.2 Å². The third-order valence-corrected chi connectivity index (χ3v) is 4.28. The van der Waals surface area contributed by atoms with Gasteiger partial charge in [0.05, 0.1) is 6.10 Å². The van der Waals surface area contributed by atoms with E-state index in [0.717, 1.165) is 25.6 Å². The molecule has 1 saturated heterocycles. The molecule has 1 heterocycles. The van der Waals surface area contributed by atoms with Crippen LogP contribution in [-0.2, 0) is 0 Å². The van der Waals surface area contributed by atoms with Gasteiger partial charge < -0.3 is 10.4 Å². The van der Waals surface area contributed by atoms with E-state index in [1.807, 2.05) is 6.92 Å². The van der Waals surface area contributed by atoms with Crippen LogP contribution in [0.15, 0.2) is 0 Å². The minimum absolute atomic E-state index is 0.163. The molecule has 0 amide bonds. The maximum absolute atomic E-state index is 9.80. The molecular formula is C13H26N2O. The Balaban J connectivity index is 1.92. The number of aliphatic hydroxyl groups excluding tert-OH is 1. The van der Waals surface area contributed by atoms with Gasteiger partial charge in [-0.15, -0.1) is 0 Å². The monoisotopic (exact) mass is 226 g/mol. The molecule has 2 rings (SSSR count). The molecule has 2 N–H and O–H groups in total. The highest BCUT2D eigenvalue weighted by molar-refractivity contribution is 4.91. The highest BCUT2D eigenvalue weighted by Crippen LogP contribution is 2.30. The molecule has 2 aliphatic rings. The fourth-order valence-corrected chi connectivity index (χ4v) is 3.01. The van der Waals surface area contributed by atoms with Gasteiger partial charge in [-0.05, 0) is 38.6 Å². The Morgan fingerprint density at radius 1 is 1.38 bits per heavy atom. The van der Waals surface area contributed by atoms with Crippen molar-refractivity contribution in [3.63, 3.8) is 0 Å². The molecule has 94 valence electrons. The number of aliphatic hydroxyl groups is 1. The molecule has 3 heteroatoms. The topological polar surface area (TPSA) is 35.5 Å². The zero-order valence-corrected chi connectivity index (χ0v) is 10.7. The summed E-state index contributed by atoms with van der Waals surface area (Å²) in [6.07, 6.45) is 5.10. The average Bonchev–Trinajstić information content (AvgIpc) is 2.15. The lowest BCUT2D eigenvalue weighted by atomic mass is 9.84. The zero-order valence-electron chi connectivity index (χ0n) is 10.7. The summed E-state index contributed by atoms with van der Waals surface area (Å²) in [7, 11) is 0. The van der Waals surface area contributed by atoms with Crippen molar-refractivity contribution in [2.24, 2.45) is 5.92 Å². The minimum atomic E-state index is -0.163. The van der Waals surface area contributed by atoms with Crippen molar-refractivity contribution in [3.8, 4) is 0 Å². The Kier molecular flexibility index (Phi) is 4.22. The van der Waals surface area contributed by atoms with Gasteiger partial charge in [0.15, 0.2) is 0 Å². The summed E-state index contributed by atoms with van der Waals surface area (Å²) in [5.41, 5.74) is 0. The molecule has 0 aromatic rings. The predicted octanol–water partition coefficient (Wildman–Crippen LogP) is 1.22. The van der Waals surface area contributed by atoms with E-state index in [2.05, 4.69) is 17.1 Å². The zero-order chi connectivity index (χ0) is 11.5. The van der Waals surface area contributed by atoms with Gasteiger partial charge in [0, 0.05) is 25.2 Å². The Morgan fingerprint density at radius 3 is 2.62 bits per heavy atom. The number of rotatable bonds is 4. The summed E-state index contributed by atoms with van der Waals surface area (Å²) in [6.45, 7) is 7.43. The third-order valence-electron chi connectivity index (χ3n) is 4.28. The molecule has 0 spiro atoms. The van der Waals surface area contributed by atoms with Crippen LogP contribution in [0.2, 0.25) is 0 Å². The van der Waals surface area contributed by atoms with Crippen LogP contribution in [0.4, 0.5) is 0 Å². The largest absolute Gasteiger partial charge is 0.393 e. The van der Waals surface area contributed by atoms with E-state index in [4.69, 9.17) is 0 Å². The van der Waals surface area contributed by atoms with Crippen LogP contribution in [-0.4, -0.2) is 47.8 Å². The first-order valence-electron chi connectivity index (χ1n) is 6.86. The van der Waals surface area contributed by atoms with Crippen LogP contribution in [0.1, 0.15) is 39.5 Å².